The van der Waals surface area contributed by atoms with Gasteiger partial charge in [-0.05, 0) is 61.7 Å². The van der Waals surface area contributed by atoms with E-state index in [1.807, 2.05) is 23.0 Å². The lowest BCUT2D eigenvalue weighted by atomic mass is 9.95. The van der Waals surface area contributed by atoms with E-state index in [4.69, 9.17) is 18.9 Å². The normalized spacial score (nSPS) is 18.5. The van der Waals surface area contributed by atoms with Crippen molar-refractivity contribution in [3.63, 3.8) is 0 Å². The zero-order chi connectivity index (χ0) is 25.2. The van der Waals surface area contributed by atoms with Crippen LogP contribution in [0.4, 0.5) is 4.39 Å². The lowest BCUT2D eigenvalue weighted by Crippen LogP contribution is -2.39. The molecule has 0 N–H and O–H groups in total. The van der Waals surface area contributed by atoms with Crippen LogP contribution in [0.5, 0.6) is 17.2 Å². The number of rotatable bonds is 12. The highest BCUT2D eigenvalue weighted by atomic mass is 19.1. The van der Waals surface area contributed by atoms with Crippen LogP contribution in [0.25, 0.3) is 0 Å². The third kappa shape index (κ3) is 6.98. The molecule has 1 aliphatic heterocycles. The largest absolute Gasteiger partial charge is 0.493 e. The predicted molar refractivity (Wildman–Crippen MR) is 136 cm³/mol. The molecule has 4 rings (SSSR count). The summed E-state index contributed by atoms with van der Waals surface area (Å²) in [7, 11) is 3.38. The highest BCUT2D eigenvalue weighted by Gasteiger charge is 2.34. The second kappa shape index (κ2) is 12.7. The number of para-hydroxylation sites is 1. The van der Waals surface area contributed by atoms with E-state index in [-0.39, 0.29) is 11.6 Å². The molecule has 1 fully saturated rings. The van der Waals surface area contributed by atoms with Crippen molar-refractivity contribution >= 4 is 0 Å². The van der Waals surface area contributed by atoms with Crippen molar-refractivity contribution in [1.29, 1.82) is 0 Å². The average Bonchev–Trinajstić information content (AvgIpc) is 3.34. The molecule has 1 aromatic heterocycles. The number of hydrogen-bond donors (Lipinski definition) is 0. The van der Waals surface area contributed by atoms with Gasteiger partial charge in [0.2, 0.25) is 0 Å². The SMILES string of the molecule is COc1ccc(CN2CCC[C@](COc3ccccc3F)(OC)CC2)cc1OCCCn1cccn1. The number of ether oxygens (including phenoxy) is 4. The van der Waals surface area contributed by atoms with E-state index < -0.39 is 5.60 Å². The Bertz CT molecular complexity index is 1080. The van der Waals surface area contributed by atoms with Gasteiger partial charge in [0.05, 0.1) is 13.7 Å². The molecule has 0 radical (unpaired) electrons. The molecule has 0 amide bonds. The van der Waals surface area contributed by atoms with Crippen molar-refractivity contribution in [1.82, 2.24) is 14.7 Å². The minimum Gasteiger partial charge on any atom is -0.493 e. The van der Waals surface area contributed by atoms with E-state index in [1.165, 1.54) is 11.6 Å². The number of aromatic nitrogens is 2. The van der Waals surface area contributed by atoms with Crippen LogP contribution in [0.15, 0.2) is 60.9 Å². The fourth-order valence-electron chi connectivity index (χ4n) is 4.59. The van der Waals surface area contributed by atoms with Crippen LogP contribution in [0.3, 0.4) is 0 Å². The molecule has 1 saturated heterocycles. The van der Waals surface area contributed by atoms with Crippen molar-refractivity contribution in [2.45, 2.75) is 44.4 Å². The first-order valence-corrected chi connectivity index (χ1v) is 12.5. The Balaban J connectivity index is 1.32. The number of benzene rings is 2. The van der Waals surface area contributed by atoms with Gasteiger partial charge in [-0.1, -0.05) is 18.2 Å². The topological polar surface area (TPSA) is 58.0 Å². The predicted octanol–water partition coefficient (Wildman–Crippen LogP) is 4.95. The third-order valence-corrected chi connectivity index (χ3v) is 6.73. The minimum atomic E-state index is -0.431. The quantitative estimate of drug-likeness (QED) is 0.330. The fourth-order valence-corrected chi connectivity index (χ4v) is 4.59. The van der Waals surface area contributed by atoms with Crippen molar-refractivity contribution in [3.8, 4) is 17.2 Å². The summed E-state index contributed by atoms with van der Waals surface area (Å²) in [5.74, 6) is 1.41. The van der Waals surface area contributed by atoms with Gasteiger partial charge >= 0.3 is 0 Å². The van der Waals surface area contributed by atoms with Crippen molar-refractivity contribution in [3.05, 3.63) is 72.3 Å². The van der Waals surface area contributed by atoms with Gasteiger partial charge < -0.3 is 18.9 Å². The number of hydrogen-bond acceptors (Lipinski definition) is 6. The summed E-state index contributed by atoms with van der Waals surface area (Å²) in [6.45, 7) is 4.35. The van der Waals surface area contributed by atoms with Crippen molar-refractivity contribution in [2.75, 3.05) is 40.5 Å². The van der Waals surface area contributed by atoms with Gasteiger partial charge in [-0.2, -0.15) is 5.10 Å². The second-order valence-corrected chi connectivity index (χ2v) is 9.19. The maximum absolute atomic E-state index is 14.0. The summed E-state index contributed by atoms with van der Waals surface area (Å²) in [6, 6.07) is 14.6. The van der Waals surface area contributed by atoms with Gasteiger partial charge in [-0.25, -0.2) is 4.39 Å². The van der Waals surface area contributed by atoms with E-state index in [9.17, 15) is 4.39 Å². The molecule has 194 valence electrons. The molecule has 0 unspecified atom stereocenters. The lowest BCUT2D eigenvalue weighted by Gasteiger charge is -2.31. The van der Waals surface area contributed by atoms with Crippen LogP contribution in [0.1, 0.15) is 31.2 Å². The average molecular weight is 498 g/mol. The first-order valence-electron chi connectivity index (χ1n) is 12.5. The zero-order valence-electron chi connectivity index (χ0n) is 21.2. The third-order valence-electron chi connectivity index (χ3n) is 6.73. The molecule has 0 spiro atoms. The maximum atomic E-state index is 14.0. The van der Waals surface area contributed by atoms with Gasteiger partial charge in [0.25, 0.3) is 0 Å². The van der Waals surface area contributed by atoms with Crippen LogP contribution >= 0.6 is 0 Å². The monoisotopic (exact) mass is 497 g/mol. The van der Waals surface area contributed by atoms with Crippen LogP contribution in [-0.2, 0) is 17.8 Å². The number of halogens is 1. The summed E-state index contributed by atoms with van der Waals surface area (Å²) in [5, 5.41) is 4.23. The molecule has 0 aliphatic carbocycles. The lowest BCUT2D eigenvalue weighted by molar-refractivity contribution is -0.0548. The summed E-state index contributed by atoms with van der Waals surface area (Å²) < 4.78 is 39.3. The molecule has 36 heavy (non-hydrogen) atoms. The van der Waals surface area contributed by atoms with Gasteiger partial charge in [-0.3, -0.25) is 9.58 Å². The summed E-state index contributed by atoms with van der Waals surface area (Å²) in [6.07, 6.45) is 7.24. The van der Waals surface area contributed by atoms with E-state index in [2.05, 4.69) is 22.1 Å². The van der Waals surface area contributed by atoms with Gasteiger partial charge in [0.15, 0.2) is 23.1 Å². The smallest absolute Gasteiger partial charge is 0.165 e. The zero-order valence-corrected chi connectivity index (χ0v) is 21.2. The number of likely N-dealkylation sites (tertiary alicyclic amines) is 1. The first kappa shape index (κ1) is 26.0. The molecule has 0 saturated carbocycles. The molecule has 8 heteroatoms. The standard InChI is InChI=1S/C28H36FN3O4/c1-33-26-11-10-23(20-27(26)35-19-7-17-32-16-6-14-30-32)21-31-15-5-12-28(34-2,13-18-31)22-36-25-9-4-3-8-24(25)29/h3-4,6,8-11,14,16,20H,5,7,12-13,15,17-19,21-22H2,1-2H3/t28-/m0/s1. The van der Waals surface area contributed by atoms with Crippen LogP contribution < -0.4 is 14.2 Å². The Morgan fingerprint density at radius 1 is 0.972 bits per heavy atom. The minimum absolute atomic E-state index is 0.269. The Morgan fingerprint density at radius 3 is 2.64 bits per heavy atom. The second-order valence-electron chi connectivity index (χ2n) is 9.19. The molecule has 2 heterocycles. The molecule has 0 bridgehead atoms. The van der Waals surface area contributed by atoms with Gasteiger partial charge in [-0.15, -0.1) is 0 Å². The molecule has 2 aromatic carbocycles. The Labute approximate surface area is 212 Å². The molecule has 7 nitrogen and oxygen atoms in total. The van der Waals surface area contributed by atoms with Crippen LogP contribution in [0, 0.1) is 5.82 Å². The Morgan fingerprint density at radius 2 is 1.86 bits per heavy atom. The van der Waals surface area contributed by atoms with E-state index in [0.717, 1.165) is 63.4 Å². The van der Waals surface area contributed by atoms with E-state index in [1.54, 1.807) is 38.6 Å². The number of methoxy groups -OCH3 is 2. The highest BCUT2D eigenvalue weighted by Crippen LogP contribution is 2.31. The Kier molecular flexibility index (Phi) is 9.19. The summed E-state index contributed by atoms with van der Waals surface area (Å²) >= 11 is 0. The number of aryl methyl sites for hydroxylation is 1. The molecular weight excluding hydrogens is 461 g/mol. The van der Waals surface area contributed by atoms with Gasteiger partial charge in [0.1, 0.15) is 12.2 Å². The van der Waals surface area contributed by atoms with E-state index in [0.29, 0.717) is 13.2 Å². The maximum Gasteiger partial charge on any atom is 0.165 e. The molecular formula is C28H36FN3O4. The van der Waals surface area contributed by atoms with Crippen LogP contribution in [-0.4, -0.2) is 60.8 Å². The van der Waals surface area contributed by atoms with E-state index >= 15 is 0 Å². The van der Waals surface area contributed by atoms with Crippen molar-refractivity contribution < 1.29 is 23.3 Å². The Hall–Kier alpha value is -3.10. The molecule has 3 aromatic rings. The van der Waals surface area contributed by atoms with Crippen LogP contribution in [0.2, 0.25) is 0 Å². The molecule has 1 atom stereocenters. The summed E-state index contributed by atoms with van der Waals surface area (Å²) in [4.78, 5) is 2.42. The van der Waals surface area contributed by atoms with Gasteiger partial charge in [0, 0.05) is 45.6 Å². The molecule has 1 aliphatic rings. The fraction of sp³-hybridized carbons (Fsp3) is 0.464. The number of nitrogens with zero attached hydrogens (tertiary/aromatic N) is 3. The first-order chi connectivity index (χ1) is 17.6. The highest BCUT2D eigenvalue weighted by molar-refractivity contribution is 5.43. The van der Waals surface area contributed by atoms with Crippen molar-refractivity contribution in [2.24, 2.45) is 0 Å². The summed E-state index contributed by atoms with van der Waals surface area (Å²) in [5.41, 5.74) is 0.741.